The van der Waals surface area contributed by atoms with Crippen molar-refractivity contribution >= 4 is 27.5 Å². The summed E-state index contributed by atoms with van der Waals surface area (Å²) in [6, 6.07) is 4.92. The predicted octanol–water partition coefficient (Wildman–Crippen LogP) is 5.69. The summed E-state index contributed by atoms with van der Waals surface area (Å²) in [7, 11) is 0. The van der Waals surface area contributed by atoms with E-state index in [0.29, 0.717) is 10.9 Å². The van der Waals surface area contributed by atoms with E-state index < -0.39 is 0 Å². The van der Waals surface area contributed by atoms with Gasteiger partial charge in [-0.05, 0) is 53.9 Å². The van der Waals surface area contributed by atoms with Gasteiger partial charge < -0.3 is 4.90 Å². The molecule has 1 aromatic rings. The molecule has 0 aliphatic carbocycles. The number of carbonyl (C=O) groups is 1. The van der Waals surface area contributed by atoms with Gasteiger partial charge in [0.2, 0.25) is 5.91 Å². The van der Waals surface area contributed by atoms with E-state index in [1.807, 2.05) is 11.8 Å². The van der Waals surface area contributed by atoms with Crippen LogP contribution in [0.5, 0.6) is 0 Å². The molecule has 1 rings (SSSR count). The third-order valence-electron chi connectivity index (χ3n) is 3.58. The Hall–Kier alpha value is -0.900. The van der Waals surface area contributed by atoms with E-state index in [4.69, 9.17) is 0 Å². The van der Waals surface area contributed by atoms with Crippen molar-refractivity contribution < 1.29 is 9.18 Å². The standard InChI is InChI=1S/C17H25BrFNO/c1-4-6-7-9-13(3)20(17(21)8-5-2)14-10-11-16(19)15(18)12-14/h10-13H,4-9H2,1-3H3. The van der Waals surface area contributed by atoms with Crippen LogP contribution in [0.1, 0.15) is 59.3 Å². The highest BCUT2D eigenvalue weighted by Crippen LogP contribution is 2.26. The van der Waals surface area contributed by atoms with E-state index in [0.717, 1.165) is 31.4 Å². The van der Waals surface area contributed by atoms with Crippen molar-refractivity contribution in [3.8, 4) is 0 Å². The molecule has 0 N–H and O–H groups in total. The van der Waals surface area contributed by atoms with Gasteiger partial charge in [0.05, 0.1) is 4.47 Å². The first-order valence-corrected chi connectivity index (χ1v) is 8.57. The fourth-order valence-corrected chi connectivity index (χ4v) is 2.80. The number of halogens is 2. The lowest BCUT2D eigenvalue weighted by Crippen LogP contribution is -2.38. The fraction of sp³-hybridized carbons (Fsp3) is 0.588. The number of unbranched alkanes of at least 4 members (excludes halogenated alkanes) is 2. The van der Waals surface area contributed by atoms with Crippen molar-refractivity contribution in [2.24, 2.45) is 0 Å². The quantitative estimate of drug-likeness (QED) is 0.547. The van der Waals surface area contributed by atoms with Crippen LogP contribution in [-0.4, -0.2) is 11.9 Å². The van der Waals surface area contributed by atoms with Gasteiger partial charge in [-0.1, -0.05) is 33.1 Å². The van der Waals surface area contributed by atoms with E-state index in [-0.39, 0.29) is 17.8 Å². The summed E-state index contributed by atoms with van der Waals surface area (Å²) in [5, 5.41) is 0. The molecule has 0 bridgehead atoms. The number of anilines is 1. The number of amides is 1. The Balaban J connectivity index is 2.95. The van der Waals surface area contributed by atoms with E-state index in [1.54, 1.807) is 12.1 Å². The molecular weight excluding hydrogens is 333 g/mol. The molecule has 0 aliphatic rings. The first-order valence-electron chi connectivity index (χ1n) is 7.78. The first-order chi connectivity index (χ1) is 10.0. The summed E-state index contributed by atoms with van der Waals surface area (Å²) in [4.78, 5) is 14.3. The van der Waals surface area contributed by atoms with E-state index in [1.165, 1.54) is 12.5 Å². The lowest BCUT2D eigenvalue weighted by molar-refractivity contribution is -0.119. The molecule has 0 heterocycles. The molecule has 1 aromatic carbocycles. The van der Waals surface area contributed by atoms with Crippen LogP contribution < -0.4 is 4.90 Å². The zero-order valence-corrected chi connectivity index (χ0v) is 14.7. The number of hydrogen-bond donors (Lipinski definition) is 0. The largest absolute Gasteiger partial charge is 0.310 e. The van der Waals surface area contributed by atoms with Gasteiger partial charge in [0.15, 0.2) is 0 Å². The average molecular weight is 358 g/mol. The number of carbonyl (C=O) groups excluding carboxylic acids is 1. The molecule has 4 heteroatoms. The fourth-order valence-electron chi connectivity index (χ4n) is 2.43. The van der Waals surface area contributed by atoms with Gasteiger partial charge in [-0.3, -0.25) is 4.79 Å². The second-order valence-corrected chi connectivity index (χ2v) is 6.31. The van der Waals surface area contributed by atoms with Crippen molar-refractivity contribution in [1.29, 1.82) is 0 Å². The van der Waals surface area contributed by atoms with Crippen molar-refractivity contribution in [2.45, 2.75) is 65.3 Å². The monoisotopic (exact) mass is 357 g/mol. The SMILES string of the molecule is CCCCCC(C)N(C(=O)CCC)c1ccc(F)c(Br)c1. The van der Waals surface area contributed by atoms with E-state index in [2.05, 4.69) is 29.8 Å². The van der Waals surface area contributed by atoms with Gasteiger partial charge in [0, 0.05) is 18.2 Å². The minimum Gasteiger partial charge on any atom is -0.310 e. The Morgan fingerprint density at radius 3 is 2.57 bits per heavy atom. The molecule has 0 radical (unpaired) electrons. The molecular formula is C17H25BrFNO. The van der Waals surface area contributed by atoms with Crippen molar-refractivity contribution in [3.63, 3.8) is 0 Å². The molecule has 1 unspecified atom stereocenters. The minimum atomic E-state index is -0.305. The van der Waals surface area contributed by atoms with Crippen LogP contribution in [0.3, 0.4) is 0 Å². The topological polar surface area (TPSA) is 20.3 Å². The van der Waals surface area contributed by atoms with Gasteiger partial charge >= 0.3 is 0 Å². The Labute approximate surface area is 135 Å². The molecule has 0 aliphatic heterocycles. The van der Waals surface area contributed by atoms with Gasteiger partial charge in [-0.25, -0.2) is 4.39 Å². The molecule has 21 heavy (non-hydrogen) atoms. The van der Waals surface area contributed by atoms with Crippen LogP contribution in [0.4, 0.5) is 10.1 Å². The minimum absolute atomic E-state index is 0.111. The summed E-state index contributed by atoms with van der Waals surface area (Å²) >= 11 is 3.20. The van der Waals surface area contributed by atoms with Gasteiger partial charge in [-0.2, -0.15) is 0 Å². The van der Waals surface area contributed by atoms with Crippen molar-refractivity contribution in [2.75, 3.05) is 4.90 Å². The Bertz CT molecular complexity index is 464. The number of benzene rings is 1. The van der Waals surface area contributed by atoms with Crippen LogP contribution >= 0.6 is 15.9 Å². The molecule has 0 saturated carbocycles. The Kier molecular flexibility index (Phi) is 7.94. The highest BCUT2D eigenvalue weighted by atomic mass is 79.9. The maximum Gasteiger partial charge on any atom is 0.227 e. The molecule has 0 aromatic heterocycles. The summed E-state index contributed by atoms with van der Waals surface area (Å²) in [5.41, 5.74) is 0.769. The lowest BCUT2D eigenvalue weighted by Gasteiger charge is -2.30. The van der Waals surface area contributed by atoms with Crippen LogP contribution in [-0.2, 0) is 4.79 Å². The highest BCUT2D eigenvalue weighted by molar-refractivity contribution is 9.10. The van der Waals surface area contributed by atoms with Crippen LogP contribution in [0.25, 0.3) is 0 Å². The second-order valence-electron chi connectivity index (χ2n) is 5.46. The maximum absolute atomic E-state index is 13.4. The lowest BCUT2D eigenvalue weighted by atomic mass is 10.1. The zero-order chi connectivity index (χ0) is 15.8. The smallest absolute Gasteiger partial charge is 0.227 e. The molecule has 2 nitrogen and oxygen atoms in total. The second kappa shape index (κ2) is 9.19. The molecule has 1 amide bonds. The van der Waals surface area contributed by atoms with Gasteiger partial charge in [0.1, 0.15) is 5.82 Å². The Morgan fingerprint density at radius 2 is 2.00 bits per heavy atom. The number of nitrogens with zero attached hydrogens (tertiary/aromatic N) is 1. The van der Waals surface area contributed by atoms with E-state index >= 15 is 0 Å². The van der Waals surface area contributed by atoms with Crippen LogP contribution in [0.2, 0.25) is 0 Å². The summed E-state index contributed by atoms with van der Waals surface area (Å²) in [6.45, 7) is 6.24. The normalized spacial score (nSPS) is 12.2. The van der Waals surface area contributed by atoms with Crippen molar-refractivity contribution in [3.05, 3.63) is 28.5 Å². The molecule has 118 valence electrons. The van der Waals surface area contributed by atoms with Crippen molar-refractivity contribution in [1.82, 2.24) is 0 Å². The van der Waals surface area contributed by atoms with E-state index in [9.17, 15) is 9.18 Å². The third kappa shape index (κ3) is 5.42. The first kappa shape index (κ1) is 18.1. The van der Waals surface area contributed by atoms with Crippen LogP contribution in [0.15, 0.2) is 22.7 Å². The van der Waals surface area contributed by atoms with Gasteiger partial charge in [-0.15, -0.1) is 0 Å². The predicted molar refractivity (Wildman–Crippen MR) is 90.1 cm³/mol. The summed E-state index contributed by atoms with van der Waals surface area (Å²) < 4.78 is 13.8. The van der Waals surface area contributed by atoms with Gasteiger partial charge in [0.25, 0.3) is 0 Å². The molecule has 0 fully saturated rings. The Morgan fingerprint density at radius 1 is 1.29 bits per heavy atom. The summed E-state index contributed by atoms with van der Waals surface area (Å²) in [5.74, 6) is -0.194. The highest BCUT2D eigenvalue weighted by Gasteiger charge is 2.21. The number of hydrogen-bond acceptors (Lipinski definition) is 1. The zero-order valence-electron chi connectivity index (χ0n) is 13.2. The molecule has 0 saturated heterocycles. The average Bonchev–Trinajstić information content (AvgIpc) is 2.43. The third-order valence-corrected chi connectivity index (χ3v) is 4.19. The molecule has 1 atom stereocenters. The number of rotatable bonds is 8. The maximum atomic E-state index is 13.4. The molecule has 0 spiro atoms. The van der Waals surface area contributed by atoms with Crippen LogP contribution in [0, 0.1) is 5.82 Å². The summed E-state index contributed by atoms with van der Waals surface area (Å²) in [6.07, 6.45) is 5.76.